The number of rotatable bonds is 6. The van der Waals surface area contributed by atoms with E-state index in [4.69, 9.17) is 0 Å². The number of benzene rings is 1. The average Bonchev–Trinajstić information content (AvgIpc) is 2.58. The van der Waals surface area contributed by atoms with E-state index in [0.29, 0.717) is 23.0 Å². The number of carbonyl (C=O) groups excluding carboxylic acids is 1. The molecule has 1 aromatic carbocycles. The van der Waals surface area contributed by atoms with E-state index in [-0.39, 0.29) is 11.8 Å². The van der Waals surface area contributed by atoms with Gasteiger partial charge in [0.2, 0.25) is 0 Å². The minimum absolute atomic E-state index is 0.214. The summed E-state index contributed by atoms with van der Waals surface area (Å²) in [5.41, 5.74) is 1.45. The molecule has 1 saturated carbocycles. The molecule has 1 fully saturated rings. The number of pyridine rings is 1. The lowest BCUT2D eigenvalue weighted by Crippen LogP contribution is -2.28. The Morgan fingerprint density at radius 3 is 2.52 bits per heavy atom. The monoisotopic (exact) mass is 359 g/mol. The normalized spacial score (nSPS) is 14.6. The summed E-state index contributed by atoms with van der Waals surface area (Å²) in [6, 6.07) is 9.63. The summed E-state index contributed by atoms with van der Waals surface area (Å²) in [6.07, 6.45) is 6.47. The molecule has 1 aliphatic carbocycles. The molecule has 0 unspecified atom stereocenters. The fourth-order valence-electron chi connectivity index (χ4n) is 2.67. The largest absolute Gasteiger partial charge is 0.334 e. The molecule has 1 heterocycles. The number of urea groups is 1. The van der Waals surface area contributed by atoms with Gasteiger partial charge in [-0.25, -0.2) is 13.2 Å². The van der Waals surface area contributed by atoms with Crippen molar-refractivity contribution in [3.05, 3.63) is 54.4 Å². The highest BCUT2D eigenvalue weighted by Crippen LogP contribution is 2.29. The van der Waals surface area contributed by atoms with Gasteiger partial charge in [0.15, 0.2) is 9.84 Å². The molecule has 2 amide bonds. The summed E-state index contributed by atoms with van der Waals surface area (Å²) in [4.78, 5) is 16.2. The second-order valence-corrected chi connectivity index (χ2v) is 8.31. The quantitative estimate of drug-likeness (QED) is 0.830. The summed E-state index contributed by atoms with van der Waals surface area (Å²) >= 11 is 0. The van der Waals surface area contributed by atoms with Gasteiger partial charge < -0.3 is 10.6 Å². The molecule has 0 bridgehead atoms. The number of aromatic nitrogens is 1. The Kier molecular flexibility index (Phi) is 5.33. The van der Waals surface area contributed by atoms with Crippen LogP contribution in [0.3, 0.4) is 0 Å². The van der Waals surface area contributed by atoms with Crippen molar-refractivity contribution in [1.29, 1.82) is 0 Å². The number of hydrogen-bond acceptors (Lipinski definition) is 4. The van der Waals surface area contributed by atoms with Crippen molar-refractivity contribution in [1.82, 2.24) is 10.3 Å². The molecule has 1 aromatic heterocycles. The van der Waals surface area contributed by atoms with Gasteiger partial charge in [-0.3, -0.25) is 4.98 Å². The van der Waals surface area contributed by atoms with E-state index in [1.54, 1.807) is 42.7 Å². The Morgan fingerprint density at radius 1 is 1.16 bits per heavy atom. The fraction of sp³-hybridized carbons (Fsp3) is 0.333. The molecule has 6 nitrogen and oxygen atoms in total. The second-order valence-electron chi connectivity index (χ2n) is 6.27. The third-order valence-electron chi connectivity index (χ3n) is 4.33. The summed E-state index contributed by atoms with van der Waals surface area (Å²) in [5.74, 6) is 0.506. The molecule has 2 N–H and O–H groups in total. The van der Waals surface area contributed by atoms with Crippen molar-refractivity contribution >= 4 is 21.6 Å². The van der Waals surface area contributed by atoms with Crippen LogP contribution in [0.5, 0.6) is 0 Å². The maximum Gasteiger partial charge on any atom is 0.319 e. The predicted octanol–water partition coefficient (Wildman–Crippen LogP) is 2.98. The molecule has 3 rings (SSSR count). The fourth-order valence-corrected chi connectivity index (χ4v) is 4.37. The van der Waals surface area contributed by atoms with Gasteiger partial charge in [-0.15, -0.1) is 0 Å². The van der Waals surface area contributed by atoms with E-state index in [1.165, 1.54) is 0 Å². The zero-order valence-electron chi connectivity index (χ0n) is 13.8. The molecule has 0 saturated heterocycles. The zero-order chi connectivity index (χ0) is 17.7. The van der Waals surface area contributed by atoms with Gasteiger partial charge in [0.1, 0.15) is 0 Å². The first-order valence-corrected chi connectivity index (χ1v) is 9.95. The summed E-state index contributed by atoms with van der Waals surface area (Å²) in [5, 5.41) is 5.41. The Hall–Kier alpha value is -2.41. The van der Waals surface area contributed by atoms with Crippen molar-refractivity contribution < 1.29 is 13.2 Å². The van der Waals surface area contributed by atoms with Crippen LogP contribution in [0.4, 0.5) is 10.5 Å². The van der Waals surface area contributed by atoms with Crippen LogP contribution < -0.4 is 10.6 Å². The maximum atomic E-state index is 12.3. The third-order valence-corrected chi connectivity index (χ3v) is 6.23. The molecule has 0 spiro atoms. The minimum Gasteiger partial charge on any atom is -0.334 e. The van der Waals surface area contributed by atoms with E-state index >= 15 is 0 Å². The molecule has 0 aliphatic heterocycles. The van der Waals surface area contributed by atoms with Crippen molar-refractivity contribution in [3.63, 3.8) is 0 Å². The van der Waals surface area contributed by atoms with Crippen molar-refractivity contribution in [2.24, 2.45) is 5.92 Å². The number of sulfone groups is 1. The number of amides is 2. The summed E-state index contributed by atoms with van der Waals surface area (Å²) < 4.78 is 24.6. The number of carbonyl (C=O) groups is 1. The lowest BCUT2D eigenvalue weighted by atomic mass is 9.87. The molecule has 0 radical (unpaired) electrons. The molecule has 2 aromatic rings. The molecule has 25 heavy (non-hydrogen) atoms. The van der Waals surface area contributed by atoms with Gasteiger partial charge in [-0.1, -0.05) is 12.5 Å². The zero-order valence-corrected chi connectivity index (χ0v) is 14.6. The van der Waals surface area contributed by atoms with E-state index in [2.05, 4.69) is 15.6 Å². The summed E-state index contributed by atoms with van der Waals surface area (Å²) in [6.45, 7) is 0.369. The molecular formula is C18H21N3O3S. The topological polar surface area (TPSA) is 88.2 Å². The standard InChI is InChI=1S/C18H21N3O3S/c22-18(20-12-15-5-2-10-19-11-15)21-16-6-8-17(9-7-16)25(23,24)13-14-3-1-4-14/h2,5-11,14H,1,3-4,12-13H2,(H2,20,21,22). The van der Waals surface area contributed by atoms with Gasteiger partial charge in [0.25, 0.3) is 0 Å². The van der Waals surface area contributed by atoms with Crippen LogP contribution in [0.1, 0.15) is 24.8 Å². The van der Waals surface area contributed by atoms with E-state index < -0.39 is 9.84 Å². The van der Waals surface area contributed by atoms with Crippen molar-refractivity contribution in [3.8, 4) is 0 Å². The van der Waals surface area contributed by atoms with Crippen molar-refractivity contribution in [2.45, 2.75) is 30.7 Å². The highest BCUT2D eigenvalue weighted by molar-refractivity contribution is 7.91. The van der Waals surface area contributed by atoms with E-state index in [9.17, 15) is 13.2 Å². The lowest BCUT2D eigenvalue weighted by molar-refractivity contribution is 0.251. The molecular weight excluding hydrogens is 338 g/mol. The SMILES string of the molecule is O=C(NCc1cccnc1)Nc1ccc(S(=O)(=O)CC2CCC2)cc1. The first-order valence-electron chi connectivity index (χ1n) is 8.29. The van der Waals surface area contributed by atoms with Gasteiger partial charge in [0, 0.05) is 24.6 Å². The molecule has 7 heteroatoms. The summed E-state index contributed by atoms with van der Waals surface area (Å²) in [7, 11) is -3.25. The highest BCUT2D eigenvalue weighted by atomic mass is 32.2. The van der Waals surface area contributed by atoms with Crippen LogP contribution >= 0.6 is 0 Å². The third kappa shape index (κ3) is 4.79. The van der Waals surface area contributed by atoms with Crippen LogP contribution in [0.2, 0.25) is 0 Å². The maximum absolute atomic E-state index is 12.3. The predicted molar refractivity (Wildman–Crippen MR) is 95.9 cm³/mol. The molecule has 0 atom stereocenters. The Bertz CT molecular complexity index is 816. The smallest absolute Gasteiger partial charge is 0.319 e. The Balaban J connectivity index is 1.54. The molecule has 132 valence electrons. The van der Waals surface area contributed by atoms with E-state index in [0.717, 1.165) is 24.8 Å². The Morgan fingerprint density at radius 2 is 1.92 bits per heavy atom. The number of hydrogen-bond donors (Lipinski definition) is 2. The van der Waals surface area contributed by atoms with Gasteiger partial charge in [-0.2, -0.15) is 0 Å². The van der Waals surface area contributed by atoms with Crippen LogP contribution in [-0.2, 0) is 16.4 Å². The molecule has 1 aliphatic rings. The van der Waals surface area contributed by atoms with Crippen LogP contribution in [0.15, 0.2) is 53.7 Å². The van der Waals surface area contributed by atoms with Crippen LogP contribution in [-0.4, -0.2) is 25.2 Å². The lowest BCUT2D eigenvalue weighted by Gasteiger charge is -2.24. The van der Waals surface area contributed by atoms with E-state index in [1.807, 2.05) is 6.07 Å². The number of anilines is 1. The average molecular weight is 359 g/mol. The Labute approximate surface area is 147 Å². The highest BCUT2D eigenvalue weighted by Gasteiger charge is 2.25. The second kappa shape index (κ2) is 7.65. The van der Waals surface area contributed by atoms with Gasteiger partial charge in [0.05, 0.1) is 10.6 Å². The number of nitrogens with one attached hydrogen (secondary N) is 2. The number of nitrogens with zero attached hydrogens (tertiary/aromatic N) is 1. The van der Waals surface area contributed by atoms with Gasteiger partial charge >= 0.3 is 6.03 Å². The first kappa shape index (κ1) is 17.4. The van der Waals surface area contributed by atoms with Crippen molar-refractivity contribution in [2.75, 3.05) is 11.1 Å². The van der Waals surface area contributed by atoms with Gasteiger partial charge in [-0.05, 0) is 54.7 Å². The minimum atomic E-state index is -3.25. The first-order chi connectivity index (χ1) is 12.0. The van der Waals surface area contributed by atoms with Crippen LogP contribution in [0.25, 0.3) is 0 Å². The van der Waals surface area contributed by atoms with Crippen LogP contribution in [0, 0.1) is 5.92 Å².